The van der Waals surface area contributed by atoms with Gasteiger partial charge in [0.2, 0.25) is 5.91 Å². The molecular weight excluding hydrogens is 364 g/mol. The number of hydrogen-bond donors (Lipinski definition) is 1. The minimum atomic E-state index is 0.122. The van der Waals surface area contributed by atoms with Crippen LogP contribution in [0, 0.1) is 11.8 Å². The summed E-state index contributed by atoms with van der Waals surface area (Å²) in [5, 5.41) is 9.57. The van der Waals surface area contributed by atoms with E-state index in [-0.39, 0.29) is 5.92 Å². The monoisotopic (exact) mass is 400 g/mol. The van der Waals surface area contributed by atoms with E-state index in [0.717, 1.165) is 84.7 Å². The van der Waals surface area contributed by atoms with Crippen LogP contribution in [0.5, 0.6) is 5.75 Å². The molecule has 0 aliphatic carbocycles. The zero-order chi connectivity index (χ0) is 20.2. The largest absolute Gasteiger partial charge is 0.508 e. The summed E-state index contributed by atoms with van der Waals surface area (Å²) >= 11 is 0. The van der Waals surface area contributed by atoms with E-state index in [1.165, 1.54) is 5.56 Å². The Morgan fingerprint density at radius 3 is 2.34 bits per heavy atom. The molecule has 1 N–H and O–H groups in total. The number of aromatic hydroxyl groups is 1. The lowest BCUT2D eigenvalue weighted by Crippen LogP contribution is -2.51. The van der Waals surface area contributed by atoms with Crippen molar-refractivity contribution < 1.29 is 9.90 Å². The van der Waals surface area contributed by atoms with Crippen LogP contribution in [0.25, 0.3) is 0 Å². The summed E-state index contributed by atoms with van der Waals surface area (Å²) in [5.74, 6) is 1.35. The highest BCUT2D eigenvalue weighted by molar-refractivity contribution is 5.79. The van der Waals surface area contributed by atoms with Gasteiger partial charge in [0.25, 0.3) is 0 Å². The molecule has 160 valence electrons. The van der Waals surface area contributed by atoms with E-state index >= 15 is 0 Å². The number of rotatable bonds is 5. The van der Waals surface area contributed by atoms with Crippen LogP contribution in [0.2, 0.25) is 0 Å². The van der Waals surface area contributed by atoms with Gasteiger partial charge in [-0.3, -0.25) is 9.69 Å². The summed E-state index contributed by atoms with van der Waals surface area (Å²) in [6.45, 7) is 10.3. The van der Waals surface area contributed by atoms with Crippen molar-refractivity contribution in [1.82, 2.24) is 19.6 Å². The van der Waals surface area contributed by atoms with Gasteiger partial charge in [-0.2, -0.15) is 0 Å². The van der Waals surface area contributed by atoms with Crippen molar-refractivity contribution in [2.45, 2.75) is 25.8 Å². The molecule has 1 amide bonds. The molecule has 6 heteroatoms. The third-order valence-corrected chi connectivity index (χ3v) is 6.83. The second-order valence-electron chi connectivity index (χ2n) is 9.30. The first kappa shape index (κ1) is 20.6. The van der Waals surface area contributed by atoms with Crippen LogP contribution in [-0.2, 0) is 11.3 Å². The van der Waals surface area contributed by atoms with Crippen molar-refractivity contribution >= 4 is 5.91 Å². The number of likely N-dealkylation sites (tertiary alicyclic amines) is 2. The number of nitrogens with zero attached hydrogens (tertiary/aromatic N) is 4. The number of carbonyl (C=O) groups is 1. The maximum atomic E-state index is 13.2. The van der Waals surface area contributed by atoms with E-state index in [1.807, 2.05) is 12.1 Å². The Bertz CT molecular complexity index is 666. The predicted octanol–water partition coefficient (Wildman–Crippen LogP) is 1.70. The zero-order valence-electron chi connectivity index (χ0n) is 17.8. The molecular formula is C23H36N4O2. The van der Waals surface area contributed by atoms with E-state index in [0.29, 0.717) is 17.6 Å². The third kappa shape index (κ3) is 5.50. The highest BCUT2D eigenvalue weighted by Gasteiger charge is 2.35. The van der Waals surface area contributed by atoms with Crippen molar-refractivity contribution in [3.63, 3.8) is 0 Å². The van der Waals surface area contributed by atoms with Crippen LogP contribution in [0.1, 0.15) is 24.8 Å². The fourth-order valence-corrected chi connectivity index (χ4v) is 5.19. The number of phenols is 1. The lowest BCUT2D eigenvalue weighted by atomic mass is 9.87. The van der Waals surface area contributed by atoms with Crippen molar-refractivity contribution in [2.75, 3.05) is 66.0 Å². The Kier molecular flexibility index (Phi) is 6.73. The Morgan fingerprint density at radius 2 is 1.66 bits per heavy atom. The van der Waals surface area contributed by atoms with E-state index in [4.69, 9.17) is 0 Å². The van der Waals surface area contributed by atoms with Gasteiger partial charge in [-0.05, 0) is 49.9 Å². The average molecular weight is 401 g/mol. The van der Waals surface area contributed by atoms with Gasteiger partial charge < -0.3 is 19.8 Å². The Hall–Kier alpha value is -1.63. The Labute approximate surface area is 175 Å². The molecule has 6 nitrogen and oxygen atoms in total. The second-order valence-corrected chi connectivity index (χ2v) is 9.30. The fraction of sp³-hybridized carbons (Fsp3) is 0.696. The number of likely N-dealkylation sites (N-methyl/N-ethyl adjacent to an activating group) is 1. The van der Waals surface area contributed by atoms with Gasteiger partial charge in [0.15, 0.2) is 0 Å². The summed E-state index contributed by atoms with van der Waals surface area (Å²) in [6, 6.07) is 7.51. The average Bonchev–Trinajstić information content (AvgIpc) is 3.26. The number of piperazine rings is 1. The van der Waals surface area contributed by atoms with Crippen LogP contribution in [0.3, 0.4) is 0 Å². The van der Waals surface area contributed by atoms with Crippen LogP contribution in [0.4, 0.5) is 0 Å². The van der Waals surface area contributed by atoms with Gasteiger partial charge in [-0.25, -0.2) is 0 Å². The van der Waals surface area contributed by atoms with Crippen LogP contribution in [-0.4, -0.2) is 96.6 Å². The smallest absolute Gasteiger partial charge is 0.226 e. The molecule has 3 heterocycles. The van der Waals surface area contributed by atoms with Crippen molar-refractivity contribution in [1.29, 1.82) is 0 Å². The minimum absolute atomic E-state index is 0.122. The number of piperidine rings is 1. The molecule has 0 radical (unpaired) electrons. The maximum absolute atomic E-state index is 13.2. The standard InChI is InChI=1S/C23H36N4O2/c1-24-10-12-25(13-11-24)16-20-14-21(23(29)27-8-2-3-9-27)18-26(17-20)15-19-4-6-22(28)7-5-19/h4-7,20-21,28H,2-3,8-18H2,1H3/t20-,21-/m1/s1. The van der Waals surface area contributed by atoms with Crippen LogP contribution < -0.4 is 0 Å². The molecule has 3 aliphatic rings. The lowest BCUT2D eigenvalue weighted by Gasteiger charge is -2.41. The molecule has 1 aromatic rings. The SMILES string of the molecule is CN1CCN(C[C@H]2C[C@@H](C(=O)N3CCCC3)CN(Cc3ccc(O)cc3)C2)CC1. The highest BCUT2D eigenvalue weighted by atomic mass is 16.3. The molecule has 0 spiro atoms. The fourth-order valence-electron chi connectivity index (χ4n) is 5.19. The molecule has 0 unspecified atom stereocenters. The summed E-state index contributed by atoms with van der Waals surface area (Å²) in [5.41, 5.74) is 1.20. The topological polar surface area (TPSA) is 50.3 Å². The number of carbonyl (C=O) groups excluding carboxylic acids is 1. The van der Waals surface area contributed by atoms with Crippen molar-refractivity contribution in [3.05, 3.63) is 29.8 Å². The van der Waals surface area contributed by atoms with E-state index in [9.17, 15) is 9.90 Å². The van der Waals surface area contributed by atoms with E-state index < -0.39 is 0 Å². The number of benzene rings is 1. The molecule has 3 aliphatic heterocycles. The molecule has 1 aromatic carbocycles. The number of phenolic OH excluding ortho intramolecular Hbond substituents is 1. The van der Waals surface area contributed by atoms with Crippen molar-refractivity contribution in [3.8, 4) is 5.75 Å². The Balaban J connectivity index is 1.42. The predicted molar refractivity (Wildman–Crippen MR) is 115 cm³/mol. The van der Waals surface area contributed by atoms with Gasteiger partial charge in [-0.15, -0.1) is 0 Å². The minimum Gasteiger partial charge on any atom is -0.508 e. The van der Waals surface area contributed by atoms with Gasteiger partial charge >= 0.3 is 0 Å². The summed E-state index contributed by atoms with van der Waals surface area (Å²) in [6.07, 6.45) is 3.33. The molecule has 3 fully saturated rings. The molecule has 3 saturated heterocycles. The number of hydrogen-bond acceptors (Lipinski definition) is 5. The number of amides is 1. The van der Waals surface area contributed by atoms with Crippen LogP contribution in [0.15, 0.2) is 24.3 Å². The first-order valence-electron chi connectivity index (χ1n) is 11.3. The molecule has 0 saturated carbocycles. The van der Waals surface area contributed by atoms with Gasteiger partial charge in [0.1, 0.15) is 5.75 Å². The normalized spacial score (nSPS) is 27.4. The summed E-state index contributed by atoms with van der Waals surface area (Å²) < 4.78 is 0. The van der Waals surface area contributed by atoms with E-state index in [1.54, 1.807) is 12.1 Å². The van der Waals surface area contributed by atoms with Gasteiger partial charge in [-0.1, -0.05) is 12.1 Å². The zero-order valence-corrected chi connectivity index (χ0v) is 17.8. The second kappa shape index (κ2) is 9.45. The quantitative estimate of drug-likeness (QED) is 0.815. The summed E-state index contributed by atoms with van der Waals surface area (Å²) in [7, 11) is 2.20. The summed E-state index contributed by atoms with van der Waals surface area (Å²) in [4.78, 5) is 22.7. The Morgan fingerprint density at radius 1 is 0.966 bits per heavy atom. The maximum Gasteiger partial charge on any atom is 0.226 e. The van der Waals surface area contributed by atoms with Crippen LogP contribution >= 0.6 is 0 Å². The molecule has 29 heavy (non-hydrogen) atoms. The van der Waals surface area contributed by atoms with E-state index in [2.05, 4.69) is 26.6 Å². The van der Waals surface area contributed by atoms with Crippen molar-refractivity contribution in [2.24, 2.45) is 11.8 Å². The molecule has 4 rings (SSSR count). The lowest BCUT2D eigenvalue weighted by molar-refractivity contribution is -0.137. The molecule has 0 bridgehead atoms. The molecule has 2 atom stereocenters. The van der Waals surface area contributed by atoms with Gasteiger partial charge in [0.05, 0.1) is 5.92 Å². The first-order valence-corrected chi connectivity index (χ1v) is 11.3. The van der Waals surface area contributed by atoms with Gasteiger partial charge in [0, 0.05) is 65.4 Å². The third-order valence-electron chi connectivity index (χ3n) is 6.83. The highest BCUT2D eigenvalue weighted by Crippen LogP contribution is 2.27. The molecule has 0 aromatic heterocycles. The first-order chi connectivity index (χ1) is 14.1.